The lowest BCUT2D eigenvalue weighted by atomic mass is 9.95. The molecule has 1 aliphatic rings. The summed E-state index contributed by atoms with van der Waals surface area (Å²) in [7, 11) is -2.09. The highest BCUT2D eigenvalue weighted by atomic mass is 32.2. The van der Waals surface area contributed by atoms with Gasteiger partial charge in [-0.15, -0.1) is 0 Å². The molecular formula is C23H29N3O4S. The van der Waals surface area contributed by atoms with Crippen LogP contribution in [0.5, 0.6) is 5.75 Å². The van der Waals surface area contributed by atoms with Gasteiger partial charge in [-0.3, -0.25) is 0 Å². The number of sulfonamides is 1. The molecule has 166 valence electrons. The van der Waals surface area contributed by atoms with Crippen molar-refractivity contribution in [1.82, 2.24) is 9.29 Å². The molecule has 2 N–H and O–H groups in total. The maximum Gasteiger partial charge on any atom is 0.243 e. The molecule has 0 radical (unpaired) electrons. The lowest BCUT2D eigenvalue weighted by Gasteiger charge is -2.33. The number of fused-ring (bicyclic) bond motifs is 1. The first-order chi connectivity index (χ1) is 15.0. The molecule has 0 bridgehead atoms. The molecule has 8 heteroatoms. The maximum absolute atomic E-state index is 13.6. The second kappa shape index (κ2) is 9.38. The summed E-state index contributed by atoms with van der Waals surface area (Å²) in [5.41, 5.74) is 7.51. The molecule has 0 aliphatic heterocycles. The molecule has 1 fully saturated rings. The van der Waals surface area contributed by atoms with Crippen molar-refractivity contribution < 1.29 is 17.6 Å². The van der Waals surface area contributed by atoms with Crippen molar-refractivity contribution >= 4 is 21.1 Å². The summed E-state index contributed by atoms with van der Waals surface area (Å²) in [4.78, 5) is 4.78. The number of aromatic nitrogens is 1. The molecule has 7 nitrogen and oxygen atoms in total. The Balaban J connectivity index is 1.70. The predicted octanol–water partition coefficient (Wildman–Crippen LogP) is 4.18. The van der Waals surface area contributed by atoms with E-state index in [1.165, 1.54) is 0 Å². The van der Waals surface area contributed by atoms with Gasteiger partial charge in [0.2, 0.25) is 15.9 Å². The van der Waals surface area contributed by atoms with E-state index < -0.39 is 10.0 Å². The van der Waals surface area contributed by atoms with Crippen molar-refractivity contribution in [3.8, 4) is 17.2 Å². The fourth-order valence-corrected chi connectivity index (χ4v) is 6.02. The monoisotopic (exact) mass is 443 g/mol. The molecule has 1 heterocycles. The summed E-state index contributed by atoms with van der Waals surface area (Å²) in [5.74, 6) is 0.952. The van der Waals surface area contributed by atoms with Crippen molar-refractivity contribution in [2.24, 2.45) is 5.73 Å². The molecule has 3 aromatic rings. The highest BCUT2D eigenvalue weighted by Gasteiger charge is 2.32. The van der Waals surface area contributed by atoms with Crippen LogP contribution < -0.4 is 10.5 Å². The molecule has 31 heavy (non-hydrogen) atoms. The van der Waals surface area contributed by atoms with Gasteiger partial charge in [0.1, 0.15) is 5.52 Å². The second-order valence-electron chi connectivity index (χ2n) is 7.91. The van der Waals surface area contributed by atoms with E-state index in [0.717, 1.165) is 32.1 Å². The Bertz CT molecular complexity index is 1140. The van der Waals surface area contributed by atoms with Crippen LogP contribution in [0.15, 0.2) is 51.8 Å². The zero-order valence-electron chi connectivity index (χ0n) is 17.8. The van der Waals surface area contributed by atoms with E-state index >= 15 is 0 Å². The molecule has 0 saturated heterocycles. The van der Waals surface area contributed by atoms with Crippen LogP contribution in [0.2, 0.25) is 0 Å². The topological polar surface area (TPSA) is 98.7 Å². The fourth-order valence-electron chi connectivity index (χ4n) is 4.25. The van der Waals surface area contributed by atoms with Crippen molar-refractivity contribution in [2.75, 3.05) is 20.2 Å². The van der Waals surface area contributed by atoms with E-state index in [4.69, 9.17) is 14.9 Å². The number of rotatable bonds is 8. The summed E-state index contributed by atoms with van der Waals surface area (Å²) in [6.45, 7) is 0.900. The van der Waals surface area contributed by atoms with Crippen LogP contribution in [0.3, 0.4) is 0 Å². The first-order valence-electron chi connectivity index (χ1n) is 10.8. The Kier molecular flexibility index (Phi) is 6.60. The molecule has 0 spiro atoms. The van der Waals surface area contributed by atoms with Crippen molar-refractivity contribution in [3.63, 3.8) is 0 Å². The van der Waals surface area contributed by atoms with Gasteiger partial charge >= 0.3 is 0 Å². The zero-order chi connectivity index (χ0) is 21.8. The quantitative estimate of drug-likeness (QED) is 0.561. The first-order valence-corrected chi connectivity index (χ1v) is 12.2. The number of nitrogens with zero attached hydrogens (tertiary/aromatic N) is 2. The number of hydrogen-bond donors (Lipinski definition) is 1. The largest absolute Gasteiger partial charge is 0.493 e. The van der Waals surface area contributed by atoms with E-state index in [2.05, 4.69) is 4.98 Å². The number of hydrogen-bond acceptors (Lipinski definition) is 6. The number of benzene rings is 2. The van der Waals surface area contributed by atoms with Crippen LogP contribution in [-0.2, 0) is 10.0 Å². The van der Waals surface area contributed by atoms with E-state index in [0.29, 0.717) is 47.8 Å². The summed E-state index contributed by atoms with van der Waals surface area (Å²) in [5, 5.41) is 0. The molecule has 1 saturated carbocycles. The molecule has 4 rings (SSSR count). The van der Waals surface area contributed by atoms with Crippen molar-refractivity contribution in [3.05, 3.63) is 42.5 Å². The molecule has 2 aromatic carbocycles. The van der Waals surface area contributed by atoms with E-state index in [1.54, 1.807) is 41.7 Å². The van der Waals surface area contributed by atoms with Crippen LogP contribution in [0.25, 0.3) is 22.6 Å². The summed E-state index contributed by atoms with van der Waals surface area (Å²) < 4.78 is 40.1. The zero-order valence-corrected chi connectivity index (χ0v) is 18.6. The molecule has 0 unspecified atom stereocenters. The highest BCUT2D eigenvalue weighted by molar-refractivity contribution is 7.89. The van der Waals surface area contributed by atoms with Gasteiger partial charge in [-0.1, -0.05) is 31.4 Å². The van der Waals surface area contributed by atoms with Gasteiger partial charge in [-0.25, -0.2) is 13.4 Å². The van der Waals surface area contributed by atoms with Crippen LogP contribution in [0.1, 0.15) is 38.5 Å². The number of nitrogens with two attached hydrogens (primary N) is 1. The van der Waals surface area contributed by atoms with Gasteiger partial charge in [0.05, 0.1) is 12.0 Å². The average Bonchev–Trinajstić information content (AvgIpc) is 3.24. The molecular weight excluding hydrogens is 414 g/mol. The van der Waals surface area contributed by atoms with Gasteiger partial charge in [-0.2, -0.15) is 4.31 Å². The van der Waals surface area contributed by atoms with Crippen LogP contribution in [0.4, 0.5) is 0 Å². The molecule has 1 aliphatic carbocycles. The lowest BCUT2D eigenvalue weighted by Crippen LogP contribution is -2.42. The van der Waals surface area contributed by atoms with E-state index in [-0.39, 0.29) is 10.9 Å². The van der Waals surface area contributed by atoms with Gasteiger partial charge < -0.3 is 14.9 Å². The van der Waals surface area contributed by atoms with Crippen LogP contribution in [-0.4, -0.2) is 43.9 Å². The standard InChI is InChI=1S/C23H29N3O4S/c1-29-21-13-6-12-20-22(21)30-23(25-20)17-8-5-11-19(16-17)31(27,28)26(15-7-14-24)18-9-3-2-4-10-18/h5-6,8,11-13,16,18H,2-4,7,9-10,14-15,24H2,1H3. The molecule has 1 aromatic heterocycles. The van der Waals surface area contributed by atoms with Gasteiger partial charge in [0.25, 0.3) is 0 Å². The Morgan fingerprint density at radius 2 is 1.94 bits per heavy atom. The van der Waals surface area contributed by atoms with Gasteiger partial charge in [-0.05, 0) is 56.1 Å². The summed E-state index contributed by atoms with van der Waals surface area (Å²) >= 11 is 0. The number of ether oxygens (including phenoxy) is 1. The minimum absolute atomic E-state index is 0.0301. The Hall–Kier alpha value is -2.42. The minimum Gasteiger partial charge on any atom is -0.493 e. The van der Waals surface area contributed by atoms with Crippen molar-refractivity contribution in [1.29, 1.82) is 0 Å². The fraction of sp³-hybridized carbons (Fsp3) is 0.435. The van der Waals surface area contributed by atoms with Crippen LogP contribution >= 0.6 is 0 Å². The maximum atomic E-state index is 13.6. The molecule has 0 amide bonds. The highest BCUT2D eigenvalue weighted by Crippen LogP contribution is 2.33. The van der Waals surface area contributed by atoms with Crippen LogP contribution in [0, 0.1) is 0 Å². The third kappa shape index (κ3) is 4.46. The summed E-state index contributed by atoms with van der Waals surface area (Å²) in [6.07, 6.45) is 5.72. The van der Waals surface area contributed by atoms with E-state index in [9.17, 15) is 8.42 Å². The third-order valence-electron chi connectivity index (χ3n) is 5.85. The average molecular weight is 444 g/mol. The SMILES string of the molecule is COc1cccc2nc(-c3cccc(S(=O)(=O)N(CCCN)C4CCCCC4)c3)oc12. The third-order valence-corrected chi connectivity index (χ3v) is 7.80. The summed E-state index contributed by atoms with van der Waals surface area (Å²) in [6, 6.07) is 12.3. The number of para-hydroxylation sites is 1. The Morgan fingerprint density at radius 3 is 2.68 bits per heavy atom. The first kappa shape index (κ1) is 21.8. The number of methoxy groups -OCH3 is 1. The normalized spacial score (nSPS) is 15.6. The smallest absolute Gasteiger partial charge is 0.243 e. The van der Waals surface area contributed by atoms with Gasteiger partial charge in [0.15, 0.2) is 11.3 Å². The number of oxazole rings is 1. The van der Waals surface area contributed by atoms with Gasteiger partial charge in [0, 0.05) is 18.2 Å². The minimum atomic E-state index is -3.66. The lowest BCUT2D eigenvalue weighted by molar-refractivity contribution is 0.252. The van der Waals surface area contributed by atoms with E-state index in [1.807, 2.05) is 12.1 Å². The molecule has 0 atom stereocenters. The van der Waals surface area contributed by atoms with Crippen molar-refractivity contribution in [2.45, 2.75) is 49.5 Å². The Morgan fingerprint density at radius 1 is 1.16 bits per heavy atom. The second-order valence-corrected chi connectivity index (χ2v) is 9.80. The Labute approximate surface area is 183 Å². The predicted molar refractivity (Wildman–Crippen MR) is 120 cm³/mol.